The third-order valence-electron chi connectivity index (χ3n) is 4.05. The van der Waals surface area contributed by atoms with Gasteiger partial charge in [-0.2, -0.15) is 0 Å². The molecule has 2 aromatic rings. The van der Waals surface area contributed by atoms with Gasteiger partial charge in [-0.25, -0.2) is 4.98 Å². The second kappa shape index (κ2) is 6.28. The molecule has 1 fully saturated rings. The fraction of sp³-hybridized carbons (Fsp3) is 0.438. The first-order valence-electron chi connectivity index (χ1n) is 7.46. The minimum absolute atomic E-state index is 0.284. The van der Waals surface area contributed by atoms with Crippen molar-refractivity contribution < 1.29 is 5.11 Å². The van der Waals surface area contributed by atoms with Crippen LogP contribution in [-0.4, -0.2) is 61.3 Å². The Morgan fingerprint density at radius 2 is 2.10 bits per heavy atom. The van der Waals surface area contributed by atoms with E-state index in [0.29, 0.717) is 0 Å². The minimum atomic E-state index is 0.284. The molecule has 1 aromatic carbocycles. The number of fused-ring (bicyclic) bond motifs is 1. The van der Waals surface area contributed by atoms with Gasteiger partial charge in [0.25, 0.3) is 0 Å². The van der Waals surface area contributed by atoms with Crippen LogP contribution in [0.25, 0.3) is 10.8 Å². The van der Waals surface area contributed by atoms with Crippen LogP contribution < -0.4 is 10.2 Å². The first-order chi connectivity index (χ1) is 10.2. The zero-order valence-electron chi connectivity index (χ0n) is 12.4. The van der Waals surface area contributed by atoms with Crippen LogP contribution in [0.2, 0.25) is 0 Å². The highest BCUT2D eigenvalue weighted by Crippen LogP contribution is 2.26. The third kappa shape index (κ3) is 3.25. The molecule has 5 nitrogen and oxygen atoms in total. The van der Waals surface area contributed by atoms with Gasteiger partial charge in [0.15, 0.2) is 0 Å². The lowest BCUT2D eigenvalue weighted by molar-refractivity contribution is 0.246. The molecule has 0 radical (unpaired) electrons. The Bertz CT molecular complexity index is 610. The van der Waals surface area contributed by atoms with Crippen molar-refractivity contribution >= 4 is 16.6 Å². The highest BCUT2D eigenvalue weighted by atomic mass is 16.3. The Kier molecular flexibility index (Phi) is 4.22. The lowest BCUT2D eigenvalue weighted by Crippen LogP contribution is -2.46. The van der Waals surface area contributed by atoms with E-state index in [1.165, 1.54) is 0 Å². The molecule has 21 heavy (non-hydrogen) atoms. The van der Waals surface area contributed by atoms with E-state index in [1.54, 1.807) is 12.1 Å². The van der Waals surface area contributed by atoms with Gasteiger partial charge in [0.1, 0.15) is 11.6 Å². The number of hydrogen-bond acceptors (Lipinski definition) is 5. The smallest absolute Gasteiger partial charge is 0.136 e. The minimum Gasteiger partial charge on any atom is -0.508 e. The number of benzene rings is 1. The summed E-state index contributed by atoms with van der Waals surface area (Å²) in [5.41, 5.74) is 0. The maximum absolute atomic E-state index is 9.71. The van der Waals surface area contributed by atoms with Crippen molar-refractivity contribution in [2.24, 2.45) is 0 Å². The van der Waals surface area contributed by atoms with Crippen LogP contribution in [0.15, 0.2) is 30.5 Å². The number of rotatable bonds is 4. The van der Waals surface area contributed by atoms with Crippen LogP contribution >= 0.6 is 0 Å². The van der Waals surface area contributed by atoms with Gasteiger partial charge in [0, 0.05) is 57.9 Å². The van der Waals surface area contributed by atoms with Crippen LogP contribution in [0.4, 0.5) is 5.82 Å². The first-order valence-corrected chi connectivity index (χ1v) is 7.46. The van der Waals surface area contributed by atoms with Crippen molar-refractivity contribution in [2.75, 3.05) is 51.2 Å². The van der Waals surface area contributed by atoms with Crippen LogP contribution in [0, 0.1) is 0 Å². The molecule has 0 spiro atoms. The molecule has 2 N–H and O–H groups in total. The van der Waals surface area contributed by atoms with E-state index in [-0.39, 0.29) is 5.75 Å². The molecule has 3 rings (SSSR count). The van der Waals surface area contributed by atoms with Crippen molar-refractivity contribution in [2.45, 2.75) is 0 Å². The van der Waals surface area contributed by atoms with Crippen molar-refractivity contribution in [3.63, 3.8) is 0 Å². The molecular weight excluding hydrogens is 264 g/mol. The van der Waals surface area contributed by atoms with Crippen LogP contribution in [-0.2, 0) is 0 Å². The second-order valence-electron chi connectivity index (χ2n) is 5.55. The largest absolute Gasteiger partial charge is 0.508 e. The number of phenolic OH excluding ortho intramolecular Hbond substituents is 1. The van der Waals surface area contributed by atoms with E-state index >= 15 is 0 Å². The molecule has 1 saturated heterocycles. The van der Waals surface area contributed by atoms with E-state index in [1.807, 2.05) is 18.3 Å². The number of pyridine rings is 1. The number of hydrogen-bond donors (Lipinski definition) is 2. The Morgan fingerprint density at radius 3 is 2.90 bits per heavy atom. The van der Waals surface area contributed by atoms with Gasteiger partial charge >= 0.3 is 0 Å². The summed E-state index contributed by atoms with van der Waals surface area (Å²) < 4.78 is 0. The van der Waals surface area contributed by atoms with Gasteiger partial charge in [0.2, 0.25) is 0 Å². The first kappa shape index (κ1) is 14.1. The SMILES string of the molecule is CN(CCN1CCNCC1)c1nccc2ccc(O)cc12. The standard InChI is InChI=1S/C16H22N4O/c1-19(10-11-20-8-6-17-7-9-20)16-15-12-14(21)3-2-13(15)4-5-18-16/h2-5,12,17,21H,6-11H2,1H3. The summed E-state index contributed by atoms with van der Waals surface area (Å²) in [4.78, 5) is 9.13. The average molecular weight is 286 g/mol. The van der Waals surface area contributed by atoms with Crippen molar-refractivity contribution in [1.82, 2.24) is 15.2 Å². The van der Waals surface area contributed by atoms with E-state index in [2.05, 4.69) is 27.1 Å². The summed E-state index contributed by atoms with van der Waals surface area (Å²) >= 11 is 0. The summed E-state index contributed by atoms with van der Waals surface area (Å²) in [7, 11) is 2.06. The lowest BCUT2D eigenvalue weighted by Gasteiger charge is -2.29. The van der Waals surface area contributed by atoms with Crippen molar-refractivity contribution in [3.05, 3.63) is 30.5 Å². The highest BCUT2D eigenvalue weighted by Gasteiger charge is 2.12. The topological polar surface area (TPSA) is 51.6 Å². The molecule has 0 saturated carbocycles. The summed E-state index contributed by atoms with van der Waals surface area (Å²) in [6, 6.07) is 7.41. The quantitative estimate of drug-likeness (QED) is 0.887. The number of nitrogens with zero attached hydrogens (tertiary/aromatic N) is 3. The molecule has 5 heteroatoms. The molecule has 2 heterocycles. The Balaban J connectivity index is 1.74. The van der Waals surface area contributed by atoms with Crippen LogP contribution in [0.1, 0.15) is 0 Å². The molecule has 0 atom stereocenters. The molecule has 0 unspecified atom stereocenters. The maximum atomic E-state index is 9.71. The number of anilines is 1. The Morgan fingerprint density at radius 1 is 1.29 bits per heavy atom. The number of phenols is 1. The Hall–Kier alpha value is -1.85. The maximum Gasteiger partial charge on any atom is 0.136 e. The highest BCUT2D eigenvalue weighted by molar-refractivity contribution is 5.93. The molecule has 0 aliphatic carbocycles. The number of likely N-dealkylation sites (N-methyl/N-ethyl adjacent to an activating group) is 1. The summed E-state index contributed by atoms with van der Waals surface area (Å²) in [5.74, 6) is 1.21. The fourth-order valence-corrected chi connectivity index (χ4v) is 2.78. The van der Waals surface area contributed by atoms with Gasteiger partial charge in [-0.05, 0) is 23.6 Å². The normalized spacial score (nSPS) is 16.2. The monoisotopic (exact) mass is 286 g/mol. The van der Waals surface area contributed by atoms with Gasteiger partial charge in [-0.1, -0.05) is 6.07 Å². The van der Waals surface area contributed by atoms with E-state index in [0.717, 1.165) is 55.9 Å². The lowest BCUT2D eigenvalue weighted by atomic mass is 10.1. The average Bonchev–Trinajstić information content (AvgIpc) is 2.53. The van der Waals surface area contributed by atoms with Gasteiger partial charge in [-0.3, -0.25) is 4.90 Å². The molecule has 1 aliphatic rings. The van der Waals surface area contributed by atoms with E-state index in [9.17, 15) is 5.11 Å². The summed E-state index contributed by atoms with van der Waals surface area (Å²) in [6.45, 7) is 6.33. The molecule has 0 amide bonds. The number of piperazine rings is 1. The second-order valence-corrected chi connectivity index (χ2v) is 5.55. The number of nitrogens with one attached hydrogen (secondary N) is 1. The summed E-state index contributed by atoms with van der Waals surface area (Å²) in [6.07, 6.45) is 1.83. The molecule has 1 aliphatic heterocycles. The van der Waals surface area contributed by atoms with Crippen LogP contribution in [0.3, 0.4) is 0 Å². The van der Waals surface area contributed by atoms with E-state index in [4.69, 9.17) is 0 Å². The number of aromatic hydroxyl groups is 1. The fourth-order valence-electron chi connectivity index (χ4n) is 2.78. The van der Waals surface area contributed by atoms with Crippen molar-refractivity contribution in [3.8, 4) is 5.75 Å². The zero-order chi connectivity index (χ0) is 14.7. The van der Waals surface area contributed by atoms with E-state index < -0.39 is 0 Å². The van der Waals surface area contributed by atoms with Gasteiger partial charge in [0.05, 0.1) is 0 Å². The zero-order valence-corrected chi connectivity index (χ0v) is 12.4. The number of aromatic nitrogens is 1. The predicted octanol–water partition coefficient (Wildman–Crippen LogP) is 1.28. The molecule has 1 aromatic heterocycles. The van der Waals surface area contributed by atoms with Gasteiger partial charge in [-0.15, -0.1) is 0 Å². The van der Waals surface area contributed by atoms with Gasteiger partial charge < -0.3 is 15.3 Å². The van der Waals surface area contributed by atoms with Crippen molar-refractivity contribution in [1.29, 1.82) is 0 Å². The summed E-state index contributed by atoms with van der Waals surface area (Å²) in [5, 5.41) is 15.2. The molecule has 112 valence electrons. The van der Waals surface area contributed by atoms with Crippen LogP contribution in [0.5, 0.6) is 5.75 Å². The Labute approximate surface area is 125 Å². The molecule has 0 bridgehead atoms. The third-order valence-corrected chi connectivity index (χ3v) is 4.05. The predicted molar refractivity (Wildman–Crippen MR) is 86.0 cm³/mol. The molecular formula is C16H22N4O.